The standard InChI is InChI=1S/C14H18Cl2O2/c1-14(6-2-3-7-18-14)13(17)9-10-4-5-11(15)12(16)8-10/h4-5,8,13,17H,2-3,6-7,9H2,1H3. The van der Waals surface area contributed by atoms with E-state index in [1.165, 1.54) is 0 Å². The van der Waals surface area contributed by atoms with Crippen molar-refractivity contribution < 1.29 is 9.84 Å². The van der Waals surface area contributed by atoms with Crippen LogP contribution in [0.3, 0.4) is 0 Å². The SMILES string of the molecule is CC1(C(O)Cc2ccc(Cl)c(Cl)c2)CCCCO1. The third-order valence-electron chi connectivity index (χ3n) is 3.62. The molecule has 2 nitrogen and oxygen atoms in total. The van der Waals surface area contributed by atoms with Crippen LogP contribution in [-0.4, -0.2) is 23.4 Å². The molecule has 0 aromatic heterocycles. The predicted octanol–water partition coefficient (Wildman–Crippen LogP) is 3.86. The maximum atomic E-state index is 10.3. The van der Waals surface area contributed by atoms with Crippen molar-refractivity contribution >= 4 is 23.2 Å². The lowest BCUT2D eigenvalue weighted by atomic mass is 9.87. The summed E-state index contributed by atoms with van der Waals surface area (Å²) in [5.41, 5.74) is 0.539. The molecule has 1 heterocycles. The molecule has 100 valence electrons. The maximum absolute atomic E-state index is 10.3. The Kier molecular flexibility index (Phi) is 4.54. The molecule has 0 aliphatic carbocycles. The van der Waals surface area contributed by atoms with E-state index in [1.807, 2.05) is 13.0 Å². The van der Waals surface area contributed by atoms with E-state index in [4.69, 9.17) is 27.9 Å². The molecular weight excluding hydrogens is 271 g/mol. The van der Waals surface area contributed by atoms with E-state index >= 15 is 0 Å². The van der Waals surface area contributed by atoms with E-state index in [9.17, 15) is 5.11 Å². The Bertz CT molecular complexity index is 414. The van der Waals surface area contributed by atoms with E-state index in [-0.39, 0.29) is 0 Å². The monoisotopic (exact) mass is 288 g/mol. The molecule has 0 saturated carbocycles. The van der Waals surface area contributed by atoms with Crippen LogP contribution >= 0.6 is 23.2 Å². The largest absolute Gasteiger partial charge is 0.390 e. The fourth-order valence-electron chi connectivity index (χ4n) is 2.32. The van der Waals surface area contributed by atoms with E-state index in [2.05, 4.69) is 0 Å². The molecule has 1 saturated heterocycles. The third kappa shape index (κ3) is 3.18. The third-order valence-corrected chi connectivity index (χ3v) is 4.36. The minimum absolute atomic E-state index is 0.440. The molecule has 18 heavy (non-hydrogen) atoms. The molecule has 0 radical (unpaired) electrons. The van der Waals surface area contributed by atoms with E-state index in [0.717, 1.165) is 31.4 Å². The van der Waals surface area contributed by atoms with Gasteiger partial charge in [0.15, 0.2) is 0 Å². The van der Waals surface area contributed by atoms with Crippen molar-refractivity contribution in [3.8, 4) is 0 Å². The average molecular weight is 289 g/mol. The van der Waals surface area contributed by atoms with Crippen molar-refractivity contribution in [2.75, 3.05) is 6.61 Å². The number of hydrogen-bond acceptors (Lipinski definition) is 2. The van der Waals surface area contributed by atoms with Crippen LogP contribution < -0.4 is 0 Å². The summed E-state index contributed by atoms with van der Waals surface area (Å²) in [4.78, 5) is 0. The second-order valence-corrected chi connectivity index (χ2v) is 5.90. The molecule has 1 aliphatic rings. The Morgan fingerprint density at radius 1 is 1.33 bits per heavy atom. The van der Waals surface area contributed by atoms with Crippen molar-refractivity contribution in [2.45, 2.75) is 44.3 Å². The molecule has 4 heteroatoms. The van der Waals surface area contributed by atoms with Gasteiger partial charge in [-0.15, -0.1) is 0 Å². The Labute approximate surface area is 118 Å². The molecule has 2 unspecified atom stereocenters. The summed E-state index contributed by atoms with van der Waals surface area (Å²) in [6.07, 6.45) is 3.10. The van der Waals surface area contributed by atoms with Gasteiger partial charge in [0, 0.05) is 13.0 Å². The molecule has 0 bridgehead atoms. The molecule has 2 rings (SSSR count). The number of ether oxygens (including phenoxy) is 1. The molecule has 0 amide bonds. The number of benzene rings is 1. The number of hydrogen-bond donors (Lipinski definition) is 1. The van der Waals surface area contributed by atoms with Crippen molar-refractivity contribution in [3.63, 3.8) is 0 Å². The maximum Gasteiger partial charge on any atom is 0.0915 e. The Hall–Kier alpha value is -0.280. The van der Waals surface area contributed by atoms with Crippen LogP contribution in [0.15, 0.2) is 18.2 Å². The normalized spacial score (nSPS) is 26.0. The second-order valence-electron chi connectivity index (χ2n) is 5.09. The summed E-state index contributed by atoms with van der Waals surface area (Å²) in [5, 5.41) is 11.4. The molecule has 0 spiro atoms. The molecule has 1 aliphatic heterocycles. The fourth-order valence-corrected chi connectivity index (χ4v) is 2.64. The minimum Gasteiger partial charge on any atom is -0.390 e. The Morgan fingerprint density at radius 2 is 2.11 bits per heavy atom. The second kappa shape index (κ2) is 5.79. The first-order valence-corrected chi connectivity index (χ1v) is 7.03. The first-order chi connectivity index (χ1) is 8.51. The van der Waals surface area contributed by atoms with Gasteiger partial charge in [0.25, 0.3) is 0 Å². The quantitative estimate of drug-likeness (QED) is 0.915. The van der Waals surface area contributed by atoms with Crippen molar-refractivity contribution in [1.82, 2.24) is 0 Å². The van der Waals surface area contributed by atoms with Gasteiger partial charge in [0.05, 0.1) is 21.8 Å². The highest BCUT2D eigenvalue weighted by atomic mass is 35.5. The van der Waals surface area contributed by atoms with Crippen LogP contribution in [0.2, 0.25) is 10.0 Å². The van der Waals surface area contributed by atoms with Crippen molar-refractivity contribution in [3.05, 3.63) is 33.8 Å². The number of halogens is 2. The van der Waals surface area contributed by atoms with Gasteiger partial charge >= 0.3 is 0 Å². The van der Waals surface area contributed by atoms with Gasteiger partial charge in [-0.1, -0.05) is 29.3 Å². The van der Waals surface area contributed by atoms with Crippen molar-refractivity contribution in [1.29, 1.82) is 0 Å². The highest BCUT2D eigenvalue weighted by Crippen LogP contribution is 2.30. The van der Waals surface area contributed by atoms with Gasteiger partial charge in [0.2, 0.25) is 0 Å². The first-order valence-electron chi connectivity index (χ1n) is 6.27. The lowest BCUT2D eigenvalue weighted by Gasteiger charge is -2.38. The van der Waals surface area contributed by atoms with Crippen LogP contribution in [0.5, 0.6) is 0 Å². The van der Waals surface area contributed by atoms with Gasteiger partial charge in [0.1, 0.15) is 0 Å². The van der Waals surface area contributed by atoms with Crippen molar-refractivity contribution in [2.24, 2.45) is 0 Å². The van der Waals surface area contributed by atoms with Crippen LogP contribution in [0.25, 0.3) is 0 Å². The highest BCUT2D eigenvalue weighted by molar-refractivity contribution is 6.42. The lowest BCUT2D eigenvalue weighted by molar-refractivity contribution is -0.135. The number of aliphatic hydroxyl groups is 1. The zero-order chi connectivity index (χ0) is 13.2. The van der Waals surface area contributed by atoms with Crippen LogP contribution in [0.4, 0.5) is 0 Å². The summed E-state index contributed by atoms with van der Waals surface area (Å²) in [5.74, 6) is 0. The summed E-state index contributed by atoms with van der Waals surface area (Å²) in [6, 6.07) is 5.46. The first kappa shape index (κ1) is 14.1. The minimum atomic E-state index is -0.518. The lowest BCUT2D eigenvalue weighted by Crippen LogP contribution is -2.45. The topological polar surface area (TPSA) is 29.5 Å². The molecule has 1 N–H and O–H groups in total. The van der Waals surface area contributed by atoms with Crippen LogP contribution in [0.1, 0.15) is 31.7 Å². The number of rotatable bonds is 3. The van der Waals surface area contributed by atoms with Gasteiger partial charge < -0.3 is 9.84 Å². The summed E-state index contributed by atoms with van der Waals surface area (Å²) >= 11 is 11.8. The molecule has 1 aromatic rings. The predicted molar refractivity (Wildman–Crippen MR) is 74.4 cm³/mol. The van der Waals surface area contributed by atoms with Gasteiger partial charge in [-0.25, -0.2) is 0 Å². The molecule has 1 fully saturated rings. The van der Waals surface area contributed by atoms with E-state index in [0.29, 0.717) is 16.5 Å². The van der Waals surface area contributed by atoms with Gasteiger partial charge in [-0.3, -0.25) is 0 Å². The molecular formula is C14H18Cl2O2. The van der Waals surface area contributed by atoms with E-state index in [1.54, 1.807) is 12.1 Å². The van der Waals surface area contributed by atoms with E-state index < -0.39 is 11.7 Å². The number of aliphatic hydroxyl groups excluding tert-OH is 1. The smallest absolute Gasteiger partial charge is 0.0915 e. The van der Waals surface area contributed by atoms with Gasteiger partial charge in [-0.05, 0) is 43.9 Å². The Morgan fingerprint density at radius 3 is 2.72 bits per heavy atom. The Balaban J connectivity index is 2.05. The molecule has 1 aromatic carbocycles. The average Bonchev–Trinajstić information content (AvgIpc) is 2.35. The van der Waals surface area contributed by atoms with Crippen LogP contribution in [-0.2, 0) is 11.2 Å². The summed E-state index contributed by atoms with van der Waals surface area (Å²) in [6.45, 7) is 2.71. The molecule has 2 atom stereocenters. The summed E-state index contributed by atoms with van der Waals surface area (Å²) in [7, 11) is 0. The summed E-state index contributed by atoms with van der Waals surface area (Å²) < 4.78 is 5.74. The zero-order valence-electron chi connectivity index (χ0n) is 10.5. The van der Waals surface area contributed by atoms with Gasteiger partial charge in [-0.2, -0.15) is 0 Å². The zero-order valence-corrected chi connectivity index (χ0v) is 12.0. The fraction of sp³-hybridized carbons (Fsp3) is 0.571. The highest BCUT2D eigenvalue weighted by Gasteiger charge is 2.35. The van der Waals surface area contributed by atoms with Crippen LogP contribution in [0, 0.1) is 0 Å².